The SMILES string of the molecule is CNCCN1C=COc2cc(-c3nc(N)cc(C)c3C(F)(F)F)c(Cl)c3c2C1=NCN3. The van der Waals surface area contributed by atoms with Crippen LogP contribution in [0.5, 0.6) is 5.75 Å². The van der Waals surface area contributed by atoms with Crippen LogP contribution < -0.4 is 21.1 Å². The van der Waals surface area contributed by atoms with Crippen LogP contribution in [-0.4, -0.2) is 42.5 Å². The normalized spacial score (nSPS) is 15.0. The number of pyridine rings is 1. The van der Waals surface area contributed by atoms with Crippen molar-refractivity contribution in [1.29, 1.82) is 0 Å². The average molecular weight is 453 g/mol. The molecular weight excluding hydrogens is 433 g/mol. The fourth-order valence-corrected chi connectivity index (χ4v) is 4.01. The first-order valence-electron chi connectivity index (χ1n) is 9.46. The first kappa shape index (κ1) is 21.3. The first-order chi connectivity index (χ1) is 14.7. The van der Waals surface area contributed by atoms with Crippen molar-refractivity contribution in [3.05, 3.63) is 46.3 Å². The average Bonchev–Trinajstić information content (AvgIpc) is 2.87. The third-order valence-electron chi connectivity index (χ3n) is 5.02. The van der Waals surface area contributed by atoms with E-state index in [1.165, 1.54) is 25.3 Å². The zero-order chi connectivity index (χ0) is 22.3. The van der Waals surface area contributed by atoms with Gasteiger partial charge in [0.2, 0.25) is 0 Å². The third-order valence-corrected chi connectivity index (χ3v) is 5.41. The number of aliphatic imine (C=N–C) groups is 1. The van der Waals surface area contributed by atoms with Crippen molar-refractivity contribution in [3.63, 3.8) is 0 Å². The molecule has 0 amide bonds. The molecule has 164 valence electrons. The van der Waals surface area contributed by atoms with Gasteiger partial charge in [-0.3, -0.25) is 0 Å². The highest BCUT2D eigenvalue weighted by atomic mass is 35.5. The molecule has 3 heterocycles. The summed E-state index contributed by atoms with van der Waals surface area (Å²) in [6.07, 6.45) is -1.45. The number of nitrogens with zero attached hydrogens (tertiary/aromatic N) is 3. The summed E-state index contributed by atoms with van der Waals surface area (Å²) in [4.78, 5) is 10.4. The lowest BCUT2D eigenvalue weighted by Crippen LogP contribution is -2.34. The number of alkyl halides is 3. The highest BCUT2D eigenvalue weighted by Gasteiger charge is 2.38. The van der Waals surface area contributed by atoms with Gasteiger partial charge >= 0.3 is 6.18 Å². The molecule has 0 bridgehead atoms. The number of ether oxygens (including phenoxy) is 1. The molecule has 0 saturated carbocycles. The smallest absolute Gasteiger partial charge is 0.418 e. The lowest BCUT2D eigenvalue weighted by Gasteiger charge is -2.28. The topological polar surface area (TPSA) is 87.8 Å². The van der Waals surface area contributed by atoms with Crippen LogP contribution in [0.4, 0.5) is 24.7 Å². The predicted molar refractivity (Wildman–Crippen MR) is 114 cm³/mol. The molecule has 31 heavy (non-hydrogen) atoms. The summed E-state index contributed by atoms with van der Waals surface area (Å²) in [5, 5.41) is 6.22. The van der Waals surface area contributed by atoms with E-state index in [4.69, 9.17) is 22.1 Å². The molecule has 1 aromatic heterocycles. The van der Waals surface area contributed by atoms with Crippen molar-refractivity contribution >= 4 is 28.9 Å². The van der Waals surface area contributed by atoms with E-state index >= 15 is 0 Å². The third kappa shape index (κ3) is 3.77. The van der Waals surface area contributed by atoms with E-state index in [1.807, 2.05) is 11.9 Å². The van der Waals surface area contributed by atoms with Gasteiger partial charge in [0.15, 0.2) is 0 Å². The fraction of sp³-hybridized carbons (Fsp3) is 0.300. The van der Waals surface area contributed by atoms with E-state index in [-0.39, 0.29) is 34.3 Å². The van der Waals surface area contributed by atoms with Crippen LogP contribution in [0.1, 0.15) is 16.7 Å². The van der Waals surface area contributed by atoms with E-state index < -0.39 is 11.7 Å². The van der Waals surface area contributed by atoms with Crippen LogP contribution in [0, 0.1) is 6.92 Å². The minimum Gasteiger partial charge on any atom is -0.463 e. The minimum absolute atomic E-state index is 0.0329. The molecule has 1 aromatic carbocycles. The van der Waals surface area contributed by atoms with Gasteiger partial charge in [0.05, 0.1) is 27.5 Å². The lowest BCUT2D eigenvalue weighted by atomic mass is 9.97. The highest BCUT2D eigenvalue weighted by Crippen LogP contribution is 2.47. The number of hydrogen-bond acceptors (Lipinski definition) is 7. The summed E-state index contributed by atoms with van der Waals surface area (Å²) in [5.74, 6) is 0.905. The molecule has 2 aliphatic heterocycles. The monoisotopic (exact) mass is 452 g/mol. The van der Waals surface area contributed by atoms with Crippen LogP contribution in [0.25, 0.3) is 11.3 Å². The van der Waals surface area contributed by atoms with Crippen molar-refractivity contribution < 1.29 is 17.9 Å². The van der Waals surface area contributed by atoms with E-state index in [0.29, 0.717) is 35.9 Å². The molecular formula is C20H20ClF3N6O. The maximum Gasteiger partial charge on any atom is 0.418 e. The molecule has 0 atom stereocenters. The number of halogens is 4. The number of nitrogens with one attached hydrogen (secondary N) is 2. The minimum atomic E-state index is -4.64. The number of aryl methyl sites for hydroxylation is 1. The van der Waals surface area contributed by atoms with Gasteiger partial charge in [-0.25, -0.2) is 9.98 Å². The van der Waals surface area contributed by atoms with Crippen LogP contribution in [0.15, 0.2) is 29.6 Å². The molecule has 2 aromatic rings. The maximum atomic E-state index is 13.9. The van der Waals surface area contributed by atoms with Crippen molar-refractivity contribution in [3.8, 4) is 17.0 Å². The van der Waals surface area contributed by atoms with Gasteiger partial charge in [0.25, 0.3) is 0 Å². The predicted octanol–water partition coefficient (Wildman–Crippen LogP) is 3.83. The summed E-state index contributed by atoms with van der Waals surface area (Å²) in [5.41, 5.74) is 5.60. The number of nitrogen functional groups attached to an aromatic ring is 1. The Labute approximate surface area is 181 Å². The first-order valence-corrected chi connectivity index (χ1v) is 9.84. The number of amidine groups is 1. The van der Waals surface area contributed by atoms with E-state index in [2.05, 4.69) is 20.6 Å². The van der Waals surface area contributed by atoms with Crippen molar-refractivity contribution in [2.45, 2.75) is 13.1 Å². The van der Waals surface area contributed by atoms with Crippen molar-refractivity contribution in [1.82, 2.24) is 15.2 Å². The quantitative estimate of drug-likeness (QED) is 0.653. The van der Waals surface area contributed by atoms with Crippen molar-refractivity contribution in [2.24, 2.45) is 4.99 Å². The van der Waals surface area contributed by atoms with E-state index in [9.17, 15) is 13.2 Å². The van der Waals surface area contributed by atoms with Gasteiger partial charge in [0.1, 0.15) is 30.3 Å². The molecule has 0 saturated heterocycles. The molecule has 0 unspecified atom stereocenters. The molecule has 0 fully saturated rings. The summed E-state index contributed by atoms with van der Waals surface area (Å²) in [6, 6.07) is 2.64. The van der Waals surface area contributed by atoms with Crippen LogP contribution >= 0.6 is 11.6 Å². The Morgan fingerprint density at radius 2 is 2.13 bits per heavy atom. The standard InChI is InChI=1S/C20H20ClF3N6O/c1-10-7-13(25)29-17(15(10)20(22,23)24)11-8-12-14-18(16(11)21)27-9-28-19(14)30(4-3-26-2)5-6-31-12/h5-8,26-27H,3-4,9H2,1-2H3,(H2,25,29). The summed E-state index contributed by atoms with van der Waals surface area (Å²) in [6.45, 7) is 2.86. The molecule has 0 aliphatic carbocycles. The van der Waals surface area contributed by atoms with Gasteiger partial charge < -0.3 is 26.0 Å². The van der Waals surface area contributed by atoms with Gasteiger partial charge in [-0.05, 0) is 31.7 Å². The highest BCUT2D eigenvalue weighted by molar-refractivity contribution is 6.37. The number of rotatable bonds is 4. The number of benzene rings is 1. The molecule has 11 heteroatoms. The maximum absolute atomic E-state index is 13.9. The van der Waals surface area contributed by atoms with Crippen molar-refractivity contribution in [2.75, 3.05) is 37.9 Å². The number of likely N-dealkylation sites (N-methyl/N-ethyl adjacent to an activating group) is 1. The summed E-state index contributed by atoms with van der Waals surface area (Å²) in [7, 11) is 1.84. The second kappa shape index (κ2) is 7.93. The second-order valence-corrected chi connectivity index (χ2v) is 7.47. The Bertz CT molecular complexity index is 1100. The van der Waals surface area contributed by atoms with Gasteiger partial charge in [-0.1, -0.05) is 11.6 Å². The van der Waals surface area contributed by atoms with Crippen LogP contribution in [0.2, 0.25) is 5.02 Å². The Balaban J connectivity index is 1.94. The fourth-order valence-electron chi connectivity index (χ4n) is 3.71. The molecule has 2 aliphatic rings. The Kier molecular flexibility index (Phi) is 5.44. The Morgan fingerprint density at radius 1 is 1.35 bits per heavy atom. The molecule has 0 spiro atoms. The Hall–Kier alpha value is -2.98. The van der Waals surface area contributed by atoms with E-state index in [1.54, 1.807) is 6.20 Å². The number of nitrogens with two attached hydrogens (primary N) is 1. The van der Waals surface area contributed by atoms with Crippen LogP contribution in [0.3, 0.4) is 0 Å². The molecule has 0 radical (unpaired) electrons. The summed E-state index contributed by atoms with van der Waals surface area (Å²) < 4.78 is 47.4. The molecule has 4 N–H and O–H groups in total. The van der Waals surface area contributed by atoms with Gasteiger partial charge in [-0.15, -0.1) is 0 Å². The Morgan fingerprint density at radius 3 is 2.84 bits per heavy atom. The number of hydrogen-bond donors (Lipinski definition) is 3. The summed E-state index contributed by atoms with van der Waals surface area (Å²) >= 11 is 6.64. The molecule has 7 nitrogen and oxygen atoms in total. The van der Waals surface area contributed by atoms with Crippen LogP contribution in [-0.2, 0) is 6.18 Å². The lowest BCUT2D eigenvalue weighted by molar-refractivity contribution is -0.137. The largest absolute Gasteiger partial charge is 0.463 e. The number of anilines is 2. The van der Waals surface area contributed by atoms with Gasteiger partial charge in [-0.2, -0.15) is 13.2 Å². The van der Waals surface area contributed by atoms with E-state index in [0.717, 1.165) is 0 Å². The zero-order valence-corrected chi connectivity index (χ0v) is 17.5. The second-order valence-electron chi connectivity index (χ2n) is 7.09. The van der Waals surface area contributed by atoms with Gasteiger partial charge in [0, 0.05) is 24.9 Å². The molecule has 4 rings (SSSR count). The zero-order valence-electron chi connectivity index (χ0n) is 16.8. The number of aromatic nitrogens is 1.